The zero-order chi connectivity index (χ0) is 24.4. The molecule has 2 aromatic carbocycles. The molecule has 1 saturated heterocycles. The van der Waals surface area contributed by atoms with Crippen molar-refractivity contribution in [3.05, 3.63) is 65.2 Å². The van der Waals surface area contributed by atoms with Gasteiger partial charge in [-0.25, -0.2) is 0 Å². The summed E-state index contributed by atoms with van der Waals surface area (Å²) in [5.74, 6) is 1.58. The molecule has 0 atom stereocenters. The third kappa shape index (κ3) is 4.59. The van der Waals surface area contributed by atoms with Crippen LogP contribution in [0, 0.1) is 0 Å². The first-order chi connectivity index (χ1) is 17.1. The number of rotatable bonds is 7. The zero-order valence-electron chi connectivity index (χ0n) is 20.2. The molecular weight excluding hydrogens is 462 g/mol. The van der Waals surface area contributed by atoms with Crippen molar-refractivity contribution in [2.75, 3.05) is 47.5 Å². The minimum absolute atomic E-state index is 0.0108. The van der Waals surface area contributed by atoms with E-state index >= 15 is 0 Å². The summed E-state index contributed by atoms with van der Waals surface area (Å²) >= 11 is 1.84. The Morgan fingerprint density at radius 3 is 2.34 bits per heavy atom. The van der Waals surface area contributed by atoms with Crippen LogP contribution in [0.15, 0.2) is 54.6 Å². The van der Waals surface area contributed by atoms with Crippen molar-refractivity contribution in [3.63, 3.8) is 0 Å². The average Bonchev–Trinajstić information content (AvgIpc) is 3.55. The molecule has 7 nitrogen and oxygen atoms in total. The highest BCUT2D eigenvalue weighted by atomic mass is 32.1. The van der Waals surface area contributed by atoms with E-state index in [1.165, 1.54) is 15.3 Å². The highest BCUT2D eigenvalue weighted by molar-refractivity contribution is 7.15. The first-order valence-corrected chi connectivity index (χ1v) is 12.4. The van der Waals surface area contributed by atoms with Gasteiger partial charge in [0.15, 0.2) is 11.5 Å². The van der Waals surface area contributed by atoms with Crippen LogP contribution < -0.4 is 14.2 Å². The van der Waals surface area contributed by atoms with Gasteiger partial charge in [-0.05, 0) is 29.8 Å². The van der Waals surface area contributed by atoms with Gasteiger partial charge in [-0.3, -0.25) is 9.69 Å². The van der Waals surface area contributed by atoms with Crippen molar-refractivity contribution in [1.29, 1.82) is 0 Å². The van der Waals surface area contributed by atoms with Crippen LogP contribution in [0.5, 0.6) is 17.2 Å². The Morgan fingerprint density at radius 2 is 1.66 bits per heavy atom. The van der Waals surface area contributed by atoms with E-state index in [4.69, 9.17) is 14.2 Å². The van der Waals surface area contributed by atoms with Crippen LogP contribution in [-0.4, -0.2) is 68.2 Å². The van der Waals surface area contributed by atoms with Gasteiger partial charge in [-0.2, -0.15) is 0 Å². The number of thiophene rings is 1. The summed E-state index contributed by atoms with van der Waals surface area (Å²) in [6, 6.07) is 18.6. The van der Waals surface area contributed by atoms with Crippen molar-refractivity contribution in [1.82, 2.24) is 14.8 Å². The lowest BCUT2D eigenvalue weighted by Gasteiger charge is -2.34. The van der Waals surface area contributed by atoms with Crippen LogP contribution in [0.3, 0.4) is 0 Å². The number of piperazine rings is 1. The zero-order valence-corrected chi connectivity index (χ0v) is 21.0. The molecule has 0 spiro atoms. The first-order valence-electron chi connectivity index (χ1n) is 11.6. The largest absolute Gasteiger partial charge is 0.493 e. The fourth-order valence-electron chi connectivity index (χ4n) is 4.58. The maximum Gasteiger partial charge on any atom is 0.270 e. The van der Waals surface area contributed by atoms with Gasteiger partial charge < -0.3 is 24.1 Å². The summed E-state index contributed by atoms with van der Waals surface area (Å²) in [6.07, 6.45) is 0. The molecule has 4 aromatic rings. The van der Waals surface area contributed by atoms with Gasteiger partial charge in [0.05, 0.1) is 26.8 Å². The van der Waals surface area contributed by atoms with Crippen LogP contribution in [-0.2, 0) is 6.54 Å². The van der Waals surface area contributed by atoms with Gasteiger partial charge in [0.25, 0.3) is 5.91 Å². The van der Waals surface area contributed by atoms with Crippen molar-refractivity contribution < 1.29 is 19.0 Å². The summed E-state index contributed by atoms with van der Waals surface area (Å²) in [4.78, 5) is 23.5. The highest BCUT2D eigenvalue weighted by Crippen LogP contribution is 2.43. The lowest BCUT2D eigenvalue weighted by molar-refractivity contribution is 0.0625. The number of fused-ring (bicyclic) bond motifs is 1. The number of ether oxygens (including phenoxy) is 3. The number of methoxy groups -OCH3 is 3. The topological polar surface area (TPSA) is 67.0 Å². The second-order valence-electron chi connectivity index (χ2n) is 8.49. The van der Waals surface area contributed by atoms with Gasteiger partial charge in [0.2, 0.25) is 5.75 Å². The lowest BCUT2D eigenvalue weighted by atomic mass is 10.2. The van der Waals surface area contributed by atoms with Gasteiger partial charge in [0.1, 0.15) is 5.69 Å². The number of amides is 1. The number of nitrogens with zero attached hydrogens (tertiary/aromatic N) is 2. The van der Waals surface area contributed by atoms with Gasteiger partial charge >= 0.3 is 0 Å². The minimum atomic E-state index is -0.0108. The normalized spacial score (nSPS) is 14.3. The molecule has 1 aliphatic rings. The van der Waals surface area contributed by atoms with Crippen LogP contribution in [0.2, 0.25) is 0 Å². The fraction of sp³-hybridized carbons (Fsp3) is 0.296. The molecule has 0 aliphatic carbocycles. The number of benzene rings is 2. The SMILES string of the molecule is COc1cc2cc(C(=O)N3CCN(Cc4ccc(-c5ccccc5)s4)CC3)[nH]c2c(OC)c1OC. The number of hydrogen-bond acceptors (Lipinski definition) is 6. The number of hydrogen-bond donors (Lipinski definition) is 1. The lowest BCUT2D eigenvalue weighted by Crippen LogP contribution is -2.48. The maximum absolute atomic E-state index is 13.3. The molecule has 1 N–H and O–H groups in total. The maximum atomic E-state index is 13.3. The Labute approximate surface area is 208 Å². The van der Waals surface area contributed by atoms with Crippen molar-refractivity contribution in [2.45, 2.75) is 6.54 Å². The van der Waals surface area contributed by atoms with E-state index in [0.717, 1.165) is 30.5 Å². The van der Waals surface area contributed by atoms with E-state index in [1.807, 2.05) is 34.4 Å². The smallest absolute Gasteiger partial charge is 0.270 e. The standard InChI is InChI=1S/C27H29N3O4S/c1-32-22-16-19-15-21(28-24(19)26(34-3)25(22)33-2)27(31)30-13-11-29(12-14-30)17-20-9-10-23(35-20)18-7-5-4-6-8-18/h4-10,15-16,28H,11-14,17H2,1-3H3. The predicted octanol–water partition coefficient (Wildman–Crippen LogP) is 4.88. The number of aromatic amines is 1. The van der Waals surface area contributed by atoms with Crippen LogP contribution >= 0.6 is 11.3 Å². The van der Waals surface area contributed by atoms with Crippen molar-refractivity contribution in [3.8, 4) is 27.7 Å². The van der Waals surface area contributed by atoms with E-state index < -0.39 is 0 Å². The fourth-order valence-corrected chi connectivity index (χ4v) is 5.64. The van der Waals surface area contributed by atoms with Crippen molar-refractivity contribution in [2.24, 2.45) is 0 Å². The Bertz CT molecular complexity index is 1320. The summed E-state index contributed by atoms with van der Waals surface area (Å²) in [5.41, 5.74) is 2.51. The molecule has 182 valence electrons. The Morgan fingerprint density at radius 1 is 0.914 bits per heavy atom. The number of carbonyl (C=O) groups excluding carboxylic acids is 1. The van der Waals surface area contributed by atoms with Gasteiger partial charge in [0, 0.05) is 47.9 Å². The average molecular weight is 492 g/mol. The summed E-state index contributed by atoms with van der Waals surface area (Å²) < 4.78 is 16.5. The molecule has 1 amide bonds. The minimum Gasteiger partial charge on any atom is -0.493 e. The summed E-state index contributed by atoms with van der Waals surface area (Å²) in [5, 5.41) is 0.841. The molecule has 8 heteroatoms. The highest BCUT2D eigenvalue weighted by Gasteiger charge is 2.25. The summed E-state index contributed by atoms with van der Waals surface area (Å²) in [7, 11) is 4.73. The molecule has 0 bridgehead atoms. The van der Waals surface area contributed by atoms with E-state index in [9.17, 15) is 4.79 Å². The van der Waals surface area contributed by atoms with E-state index in [-0.39, 0.29) is 5.91 Å². The Hall–Kier alpha value is -3.49. The predicted molar refractivity (Wildman–Crippen MR) is 139 cm³/mol. The Balaban J connectivity index is 1.25. The Kier molecular flexibility index (Phi) is 6.66. The van der Waals surface area contributed by atoms with Gasteiger partial charge in [-0.1, -0.05) is 30.3 Å². The summed E-state index contributed by atoms with van der Waals surface area (Å²) in [6.45, 7) is 3.97. The molecule has 0 saturated carbocycles. The number of aromatic nitrogens is 1. The first kappa shape index (κ1) is 23.3. The third-order valence-corrected chi connectivity index (χ3v) is 7.53. The molecule has 0 unspecified atom stereocenters. The van der Waals surface area contributed by atoms with Crippen LogP contribution in [0.4, 0.5) is 0 Å². The van der Waals surface area contributed by atoms with E-state index in [2.05, 4.69) is 46.3 Å². The molecule has 1 aliphatic heterocycles. The number of nitrogens with one attached hydrogen (secondary N) is 1. The molecule has 2 aromatic heterocycles. The molecule has 3 heterocycles. The van der Waals surface area contributed by atoms with Crippen LogP contribution in [0.25, 0.3) is 21.3 Å². The van der Waals surface area contributed by atoms with Gasteiger partial charge in [-0.15, -0.1) is 11.3 Å². The van der Waals surface area contributed by atoms with Crippen molar-refractivity contribution >= 4 is 28.1 Å². The van der Waals surface area contributed by atoms with E-state index in [0.29, 0.717) is 36.0 Å². The number of carbonyl (C=O) groups is 1. The quantitative estimate of drug-likeness (QED) is 0.399. The third-order valence-electron chi connectivity index (χ3n) is 6.41. The molecular formula is C27H29N3O4S. The molecule has 5 rings (SSSR count). The molecule has 0 radical (unpaired) electrons. The molecule has 35 heavy (non-hydrogen) atoms. The number of H-pyrrole nitrogens is 1. The van der Waals surface area contributed by atoms with E-state index in [1.54, 1.807) is 21.3 Å². The monoisotopic (exact) mass is 491 g/mol. The molecule has 1 fully saturated rings. The van der Waals surface area contributed by atoms with Crippen LogP contribution in [0.1, 0.15) is 15.4 Å². The second kappa shape index (κ2) is 10.0. The second-order valence-corrected chi connectivity index (χ2v) is 9.66.